The van der Waals surface area contributed by atoms with E-state index in [0.29, 0.717) is 18.2 Å². The van der Waals surface area contributed by atoms with Crippen molar-refractivity contribution >= 4 is 5.78 Å². The first kappa shape index (κ1) is 11.7. The van der Waals surface area contributed by atoms with Gasteiger partial charge in [0, 0.05) is 19.0 Å². The quantitative estimate of drug-likeness (QED) is 0.625. The number of carbonyl (C=O) groups excluding carboxylic acids is 1. The summed E-state index contributed by atoms with van der Waals surface area (Å²) >= 11 is 0. The van der Waals surface area contributed by atoms with Crippen LogP contribution in [-0.4, -0.2) is 29.8 Å². The molecule has 82 valence electrons. The van der Waals surface area contributed by atoms with Gasteiger partial charge in [-0.25, -0.2) is 0 Å². The van der Waals surface area contributed by atoms with Crippen LogP contribution in [0.1, 0.15) is 46.5 Å². The summed E-state index contributed by atoms with van der Waals surface area (Å²) in [5.74, 6) is 1.24. The van der Waals surface area contributed by atoms with Gasteiger partial charge in [-0.15, -0.1) is 0 Å². The van der Waals surface area contributed by atoms with Gasteiger partial charge in [-0.3, -0.25) is 9.69 Å². The second kappa shape index (κ2) is 5.50. The van der Waals surface area contributed by atoms with Crippen LogP contribution in [0.5, 0.6) is 0 Å². The van der Waals surface area contributed by atoms with E-state index in [1.807, 2.05) is 0 Å². The predicted octanol–water partition coefficient (Wildman–Crippen LogP) is 2.48. The van der Waals surface area contributed by atoms with Crippen LogP contribution in [0.25, 0.3) is 0 Å². The minimum atomic E-state index is 0.314. The lowest BCUT2D eigenvalue weighted by atomic mass is 10.1. The average Bonchev–Trinajstić information content (AvgIpc) is 2.86. The number of nitrogens with zero attached hydrogens (tertiary/aromatic N) is 1. The number of hydrogen-bond donors (Lipinski definition) is 0. The fourth-order valence-electron chi connectivity index (χ4n) is 1.96. The van der Waals surface area contributed by atoms with Gasteiger partial charge < -0.3 is 0 Å². The van der Waals surface area contributed by atoms with Crippen LogP contribution in [-0.2, 0) is 4.79 Å². The zero-order valence-electron chi connectivity index (χ0n) is 9.75. The smallest absolute Gasteiger partial charge is 0.131 e. The van der Waals surface area contributed by atoms with E-state index in [4.69, 9.17) is 0 Å². The summed E-state index contributed by atoms with van der Waals surface area (Å²) in [6.07, 6.45) is 4.70. The van der Waals surface area contributed by atoms with Crippen molar-refractivity contribution in [1.29, 1.82) is 0 Å². The highest BCUT2D eigenvalue weighted by Gasteiger charge is 2.26. The molecule has 2 heteroatoms. The lowest BCUT2D eigenvalue weighted by Crippen LogP contribution is -2.36. The second-order valence-corrected chi connectivity index (χ2v) is 4.69. The summed E-state index contributed by atoms with van der Waals surface area (Å²) in [5, 5.41) is 0. The third-order valence-electron chi connectivity index (χ3n) is 2.91. The maximum Gasteiger partial charge on any atom is 0.131 e. The molecular weight excluding hydrogens is 174 g/mol. The molecule has 0 saturated heterocycles. The van der Waals surface area contributed by atoms with Crippen molar-refractivity contribution in [3.63, 3.8) is 0 Å². The molecule has 0 aliphatic heterocycles. The zero-order valence-corrected chi connectivity index (χ0v) is 9.75. The Labute approximate surface area is 87.7 Å². The summed E-state index contributed by atoms with van der Waals surface area (Å²) in [6.45, 7) is 8.44. The van der Waals surface area contributed by atoms with Gasteiger partial charge in [-0.05, 0) is 45.6 Å². The number of ketones is 1. The fourth-order valence-corrected chi connectivity index (χ4v) is 1.96. The van der Waals surface area contributed by atoms with Crippen molar-refractivity contribution in [2.24, 2.45) is 5.92 Å². The molecule has 0 heterocycles. The van der Waals surface area contributed by atoms with Crippen LogP contribution in [0.4, 0.5) is 0 Å². The predicted molar refractivity (Wildman–Crippen MR) is 59.3 cm³/mol. The molecule has 1 aliphatic rings. The number of hydrogen-bond acceptors (Lipinski definition) is 2. The van der Waals surface area contributed by atoms with Crippen molar-refractivity contribution < 1.29 is 4.79 Å². The second-order valence-electron chi connectivity index (χ2n) is 4.69. The molecule has 0 aromatic rings. The Balaban J connectivity index is 2.33. The van der Waals surface area contributed by atoms with E-state index in [9.17, 15) is 4.79 Å². The largest absolute Gasteiger partial charge is 0.300 e. The van der Waals surface area contributed by atoms with Gasteiger partial charge in [0.25, 0.3) is 0 Å². The van der Waals surface area contributed by atoms with Crippen molar-refractivity contribution in [1.82, 2.24) is 4.90 Å². The van der Waals surface area contributed by atoms with Crippen molar-refractivity contribution in [2.75, 3.05) is 13.1 Å². The molecular formula is C12H23NO. The van der Waals surface area contributed by atoms with E-state index < -0.39 is 0 Å². The Morgan fingerprint density at radius 2 is 2.14 bits per heavy atom. The van der Waals surface area contributed by atoms with Gasteiger partial charge in [0.2, 0.25) is 0 Å². The number of carbonyl (C=O) groups is 1. The summed E-state index contributed by atoms with van der Waals surface area (Å²) in [7, 11) is 0. The Bertz CT molecular complexity index is 187. The van der Waals surface area contributed by atoms with Crippen molar-refractivity contribution in [2.45, 2.75) is 52.5 Å². The third kappa shape index (κ3) is 4.23. The Morgan fingerprint density at radius 1 is 1.50 bits per heavy atom. The van der Waals surface area contributed by atoms with Crippen LogP contribution >= 0.6 is 0 Å². The molecule has 0 amide bonds. The highest BCUT2D eigenvalue weighted by Crippen LogP contribution is 2.30. The number of rotatable bonds is 7. The van der Waals surface area contributed by atoms with Crippen LogP contribution < -0.4 is 0 Å². The Kier molecular flexibility index (Phi) is 4.59. The highest BCUT2D eigenvalue weighted by atomic mass is 16.1. The fraction of sp³-hybridized carbons (Fsp3) is 0.917. The lowest BCUT2D eigenvalue weighted by molar-refractivity contribution is -0.118. The monoisotopic (exact) mass is 197 g/mol. The summed E-state index contributed by atoms with van der Waals surface area (Å²) in [6, 6.07) is 0.438. The summed E-state index contributed by atoms with van der Waals surface area (Å²) < 4.78 is 0. The third-order valence-corrected chi connectivity index (χ3v) is 2.91. The van der Waals surface area contributed by atoms with Gasteiger partial charge in [0.05, 0.1) is 0 Å². The molecule has 1 rings (SSSR count). The summed E-state index contributed by atoms with van der Waals surface area (Å²) in [4.78, 5) is 13.5. The first-order valence-corrected chi connectivity index (χ1v) is 5.87. The van der Waals surface area contributed by atoms with Gasteiger partial charge in [0.1, 0.15) is 5.78 Å². The van der Waals surface area contributed by atoms with Crippen LogP contribution in [0.2, 0.25) is 0 Å². The Hall–Kier alpha value is -0.370. The minimum absolute atomic E-state index is 0.314. The van der Waals surface area contributed by atoms with E-state index in [1.54, 1.807) is 6.92 Å². The Morgan fingerprint density at radius 3 is 2.57 bits per heavy atom. The van der Waals surface area contributed by atoms with Crippen LogP contribution in [0, 0.1) is 5.92 Å². The molecule has 0 bridgehead atoms. The molecule has 14 heavy (non-hydrogen) atoms. The molecule has 0 N–H and O–H groups in total. The van der Waals surface area contributed by atoms with Crippen molar-refractivity contribution in [3.8, 4) is 0 Å². The molecule has 1 atom stereocenters. The maximum absolute atomic E-state index is 11.0. The van der Waals surface area contributed by atoms with Gasteiger partial charge >= 0.3 is 0 Å². The first-order valence-electron chi connectivity index (χ1n) is 5.87. The van der Waals surface area contributed by atoms with E-state index in [2.05, 4.69) is 18.7 Å². The SMILES string of the molecule is CCCN(CC1CC1)C(C)CC(C)=O. The normalized spacial score (nSPS) is 18.6. The van der Waals surface area contributed by atoms with Crippen LogP contribution in [0.15, 0.2) is 0 Å². The lowest BCUT2D eigenvalue weighted by Gasteiger charge is -2.28. The molecule has 0 spiro atoms. The van der Waals surface area contributed by atoms with Gasteiger partial charge in [0.15, 0.2) is 0 Å². The number of Topliss-reactive ketones (excluding diaryl/α,β-unsaturated/α-hetero) is 1. The van der Waals surface area contributed by atoms with Gasteiger partial charge in [-0.1, -0.05) is 6.92 Å². The molecule has 0 aromatic heterocycles. The van der Waals surface area contributed by atoms with Gasteiger partial charge in [-0.2, -0.15) is 0 Å². The standard InChI is InChI=1S/C12H23NO/c1-4-7-13(9-12-5-6-12)10(2)8-11(3)14/h10,12H,4-9H2,1-3H3. The van der Waals surface area contributed by atoms with E-state index >= 15 is 0 Å². The molecule has 1 saturated carbocycles. The van der Waals surface area contributed by atoms with E-state index in [1.165, 1.54) is 25.8 Å². The van der Waals surface area contributed by atoms with Crippen LogP contribution in [0.3, 0.4) is 0 Å². The zero-order chi connectivity index (χ0) is 10.6. The minimum Gasteiger partial charge on any atom is -0.300 e. The highest BCUT2D eigenvalue weighted by molar-refractivity contribution is 5.76. The van der Waals surface area contributed by atoms with Crippen molar-refractivity contribution in [3.05, 3.63) is 0 Å². The van der Waals surface area contributed by atoms with E-state index in [-0.39, 0.29) is 0 Å². The summed E-state index contributed by atoms with van der Waals surface area (Å²) in [5.41, 5.74) is 0. The first-order chi connectivity index (χ1) is 6.63. The molecule has 0 radical (unpaired) electrons. The molecule has 1 aliphatic carbocycles. The van der Waals surface area contributed by atoms with E-state index in [0.717, 1.165) is 12.5 Å². The topological polar surface area (TPSA) is 20.3 Å². The maximum atomic E-state index is 11.0. The average molecular weight is 197 g/mol. The molecule has 0 aromatic carbocycles. The molecule has 1 unspecified atom stereocenters. The molecule has 2 nitrogen and oxygen atoms in total. The molecule has 1 fully saturated rings.